The number of benzene rings is 2. The second kappa shape index (κ2) is 12.5. The van der Waals surface area contributed by atoms with Gasteiger partial charge in [-0.25, -0.2) is 4.98 Å². The van der Waals surface area contributed by atoms with E-state index >= 15 is 0 Å². The zero-order valence-electron chi connectivity index (χ0n) is 23.0. The number of rotatable bonds is 8. The van der Waals surface area contributed by atoms with Gasteiger partial charge in [0.25, 0.3) is 5.56 Å². The molecular formula is C33H34ClN5O. The van der Waals surface area contributed by atoms with Crippen molar-refractivity contribution < 1.29 is 0 Å². The number of allylic oxidation sites excluding steroid dienone is 5. The number of nitrogens with zero attached hydrogens (tertiary/aromatic N) is 3. The van der Waals surface area contributed by atoms with Gasteiger partial charge in [-0.3, -0.25) is 9.36 Å². The van der Waals surface area contributed by atoms with Crippen molar-refractivity contribution in [3.8, 4) is 11.1 Å². The lowest BCUT2D eigenvalue weighted by molar-refractivity contribution is 0.460. The number of pyridine rings is 1. The van der Waals surface area contributed by atoms with E-state index in [0.717, 1.165) is 48.1 Å². The van der Waals surface area contributed by atoms with Gasteiger partial charge in [0.1, 0.15) is 5.65 Å². The molecule has 2 N–H and O–H groups in total. The SMILES string of the molecule is C=CC(=CC=CC)c1ccc(-c2cc3cnc(Nc4ccc(C5CCNCC5)cc4)nc3n(CC)c2=O)c(Cl)c1. The lowest BCUT2D eigenvalue weighted by atomic mass is 9.90. The number of aryl methyl sites for hydroxylation is 1. The second-order valence-corrected chi connectivity index (χ2v) is 10.3. The van der Waals surface area contributed by atoms with E-state index in [-0.39, 0.29) is 5.56 Å². The van der Waals surface area contributed by atoms with Gasteiger partial charge in [-0.15, -0.1) is 0 Å². The molecule has 7 heteroatoms. The molecule has 204 valence electrons. The summed E-state index contributed by atoms with van der Waals surface area (Å²) in [5, 5.41) is 7.98. The van der Waals surface area contributed by atoms with E-state index in [1.165, 1.54) is 5.56 Å². The molecule has 0 spiro atoms. The van der Waals surface area contributed by atoms with Gasteiger partial charge in [-0.1, -0.05) is 66.7 Å². The molecule has 40 heavy (non-hydrogen) atoms. The summed E-state index contributed by atoms with van der Waals surface area (Å²) in [6, 6.07) is 16.0. The molecule has 1 aliphatic heterocycles. The quantitative estimate of drug-likeness (QED) is 0.222. The molecule has 1 saturated heterocycles. The molecule has 2 aromatic heterocycles. The average molecular weight is 552 g/mol. The number of hydrogen-bond acceptors (Lipinski definition) is 5. The molecule has 1 fully saturated rings. The Bertz CT molecular complexity index is 1650. The van der Waals surface area contributed by atoms with Crippen LogP contribution in [0.4, 0.5) is 11.6 Å². The van der Waals surface area contributed by atoms with E-state index in [9.17, 15) is 4.79 Å². The molecule has 0 bridgehead atoms. The first-order chi connectivity index (χ1) is 19.5. The Morgan fingerprint density at radius 1 is 1.15 bits per heavy atom. The topological polar surface area (TPSA) is 71.8 Å². The molecule has 4 aromatic rings. The molecule has 0 saturated carbocycles. The second-order valence-electron chi connectivity index (χ2n) is 9.90. The van der Waals surface area contributed by atoms with Crippen molar-refractivity contribution in [3.63, 3.8) is 0 Å². The highest BCUT2D eigenvalue weighted by Crippen LogP contribution is 2.31. The zero-order chi connectivity index (χ0) is 28.1. The van der Waals surface area contributed by atoms with Crippen LogP contribution in [0.15, 0.2) is 90.4 Å². The first kappa shape index (κ1) is 27.6. The van der Waals surface area contributed by atoms with Crippen molar-refractivity contribution in [2.75, 3.05) is 18.4 Å². The van der Waals surface area contributed by atoms with E-state index in [1.807, 2.05) is 56.3 Å². The maximum atomic E-state index is 13.6. The van der Waals surface area contributed by atoms with E-state index in [2.05, 4.69) is 46.5 Å². The molecule has 0 atom stereocenters. The molecule has 0 radical (unpaired) electrons. The van der Waals surface area contributed by atoms with Crippen molar-refractivity contribution in [2.24, 2.45) is 0 Å². The first-order valence-corrected chi connectivity index (χ1v) is 14.1. The largest absolute Gasteiger partial charge is 0.324 e. The summed E-state index contributed by atoms with van der Waals surface area (Å²) in [4.78, 5) is 22.9. The molecule has 3 heterocycles. The van der Waals surface area contributed by atoms with Crippen molar-refractivity contribution in [1.82, 2.24) is 19.9 Å². The van der Waals surface area contributed by atoms with Crippen molar-refractivity contribution >= 4 is 39.8 Å². The number of nitrogens with one attached hydrogen (secondary N) is 2. The Hall–Kier alpha value is -4.00. The fourth-order valence-corrected chi connectivity index (χ4v) is 5.51. The minimum absolute atomic E-state index is 0.144. The van der Waals surface area contributed by atoms with Crippen LogP contribution in [0.1, 0.15) is 43.7 Å². The van der Waals surface area contributed by atoms with E-state index in [4.69, 9.17) is 16.6 Å². The zero-order valence-corrected chi connectivity index (χ0v) is 23.7. The van der Waals surface area contributed by atoms with Gasteiger partial charge in [0.15, 0.2) is 0 Å². The van der Waals surface area contributed by atoms with Crippen LogP contribution in [0.5, 0.6) is 0 Å². The highest BCUT2D eigenvalue weighted by atomic mass is 35.5. The van der Waals surface area contributed by atoms with Gasteiger partial charge in [0, 0.05) is 40.0 Å². The van der Waals surface area contributed by atoms with Crippen LogP contribution < -0.4 is 16.2 Å². The molecule has 0 amide bonds. The molecule has 5 rings (SSSR count). The van der Waals surface area contributed by atoms with E-state index < -0.39 is 0 Å². The Balaban J connectivity index is 1.45. The summed E-state index contributed by atoms with van der Waals surface area (Å²) >= 11 is 6.72. The van der Waals surface area contributed by atoms with Gasteiger partial charge in [0.05, 0.1) is 0 Å². The molecular weight excluding hydrogens is 518 g/mol. The normalized spacial score (nSPS) is 14.6. The Morgan fingerprint density at radius 2 is 1.93 bits per heavy atom. The van der Waals surface area contributed by atoms with Gasteiger partial charge < -0.3 is 10.6 Å². The lowest BCUT2D eigenvalue weighted by Gasteiger charge is -2.23. The molecule has 1 aliphatic rings. The Kier molecular flexibility index (Phi) is 8.58. The number of halogens is 1. The van der Waals surface area contributed by atoms with Crippen LogP contribution in [0.2, 0.25) is 5.02 Å². The highest BCUT2D eigenvalue weighted by Gasteiger charge is 2.17. The number of piperidine rings is 1. The smallest absolute Gasteiger partial charge is 0.260 e. The van der Waals surface area contributed by atoms with Crippen molar-refractivity contribution in [3.05, 3.63) is 112 Å². The van der Waals surface area contributed by atoms with Gasteiger partial charge >= 0.3 is 0 Å². The van der Waals surface area contributed by atoms with Crippen LogP contribution in [-0.4, -0.2) is 27.6 Å². The third-order valence-electron chi connectivity index (χ3n) is 7.40. The molecule has 6 nitrogen and oxygen atoms in total. The highest BCUT2D eigenvalue weighted by molar-refractivity contribution is 6.33. The van der Waals surface area contributed by atoms with Gasteiger partial charge in [-0.2, -0.15) is 4.98 Å². The van der Waals surface area contributed by atoms with E-state index in [1.54, 1.807) is 16.8 Å². The average Bonchev–Trinajstić information content (AvgIpc) is 2.98. The lowest BCUT2D eigenvalue weighted by Crippen LogP contribution is -2.26. The fraction of sp³-hybridized carbons (Fsp3) is 0.242. The van der Waals surface area contributed by atoms with Crippen molar-refractivity contribution in [1.29, 1.82) is 0 Å². The predicted molar refractivity (Wildman–Crippen MR) is 167 cm³/mol. The third kappa shape index (κ3) is 5.79. The monoisotopic (exact) mass is 551 g/mol. The predicted octanol–water partition coefficient (Wildman–Crippen LogP) is 7.49. The van der Waals surface area contributed by atoms with Crippen molar-refractivity contribution in [2.45, 2.75) is 39.2 Å². The number of hydrogen-bond donors (Lipinski definition) is 2. The maximum Gasteiger partial charge on any atom is 0.260 e. The summed E-state index contributed by atoms with van der Waals surface area (Å²) in [5.74, 6) is 1.05. The summed E-state index contributed by atoms with van der Waals surface area (Å²) in [5.41, 5.74) is 5.77. The fourth-order valence-electron chi connectivity index (χ4n) is 5.22. The van der Waals surface area contributed by atoms with E-state index in [0.29, 0.717) is 40.2 Å². The minimum Gasteiger partial charge on any atom is -0.324 e. The number of anilines is 2. The van der Waals surface area contributed by atoms with Crippen LogP contribution in [0.3, 0.4) is 0 Å². The maximum absolute atomic E-state index is 13.6. The van der Waals surface area contributed by atoms with Gasteiger partial charge in [-0.05, 0) is 86.7 Å². The van der Waals surface area contributed by atoms with Crippen LogP contribution in [-0.2, 0) is 6.54 Å². The standard InChI is InChI=1S/C33H34ClN5O/c1-4-7-8-22(5-2)25-11-14-28(30(34)20-25)29-19-26-21-36-33(38-31(26)39(6-3)32(29)40)37-27-12-9-23(10-13-27)24-15-17-35-18-16-24/h4-5,7-14,19-21,24,35H,2,6,15-18H2,1,3H3,(H,36,37,38). The summed E-state index contributed by atoms with van der Waals surface area (Å²) in [7, 11) is 0. The minimum atomic E-state index is -0.144. The third-order valence-corrected chi connectivity index (χ3v) is 7.71. The Morgan fingerprint density at radius 3 is 2.60 bits per heavy atom. The molecule has 2 aromatic carbocycles. The number of fused-ring (bicyclic) bond motifs is 1. The molecule has 0 aliphatic carbocycles. The van der Waals surface area contributed by atoms with Crippen LogP contribution in [0, 0.1) is 0 Å². The first-order valence-electron chi connectivity index (χ1n) is 13.8. The number of aromatic nitrogens is 3. The summed E-state index contributed by atoms with van der Waals surface area (Å²) in [6.45, 7) is 10.4. The summed E-state index contributed by atoms with van der Waals surface area (Å²) in [6.07, 6.45) is 11.8. The molecule has 0 unspecified atom stereocenters. The van der Waals surface area contributed by atoms with Gasteiger partial charge in [0.2, 0.25) is 5.95 Å². The Labute approximate surface area is 240 Å². The van der Waals surface area contributed by atoms with Crippen LogP contribution >= 0.6 is 11.6 Å². The summed E-state index contributed by atoms with van der Waals surface area (Å²) < 4.78 is 1.67. The van der Waals surface area contributed by atoms with Crippen LogP contribution in [0.25, 0.3) is 27.7 Å².